The molecule has 0 radical (unpaired) electrons. The lowest BCUT2D eigenvalue weighted by Gasteiger charge is -2.18. The topological polar surface area (TPSA) is 104 Å². The summed E-state index contributed by atoms with van der Waals surface area (Å²) in [5, 5.41) is 7.12. The van der Waals surface area contributed by atoms with Gasteiger partial charge >= 0.3 is 17.9 Å². The first-order valence-electron chi connectivity index (χ1n) is 4.85. The Morgan fingerprint density at radius 3 is 2.00 bits per heavy atom. The Bertz CT molecular complexity index is 467. The van der Waals surface area contributed by atoms with Crippen molar-refractivity contribution < 1.29 is 28.6 Å². The maximum Gasteiger partial charge on any atom is 0.359 e. The van der Waals surface area contributed by atoms with E-state index in [1.54, 1.807) is 0 Å². The molecule has 1 aliphatic rings. The number of hydrogen-bond donors (Lipinski definition) is 0. The van der Waals surface area contributed by atoms with Crippen molar-refractivity contribution in [2.75, 3.05) is 21.3 Å². The van der Waals surface area contributed by atoms with Crippen LogP contribution in [0.3, 0.4) is 0 Å². The third kappa shape index (κ3) is 1.96. The van der Waals surface area contributed by atoms with Crippen LogP contribution in [0.2, 0.25) is 0 Å². The number of azo groups is 1. The Kier molecular flexibility index (Phi) is 3.79. The van der Waals surface area contributed by atoms with Crippen LogP contribution in [0.4, 0.5) is 0 Å². The molecule has 0 N–H and O–H groups in total. The number of carbonyl (C=O) groups is 3. The molecule has 0 amide bonds. The maximum absolute atomic E-state index is 11.7. The van der Waals surface area contributed by atoms with Crippen LogP contribution < -0.4 is 0 Å². The third-order valence-electron chi connectivity index (χ3n) is 2.42. The highest BCUT2D eigenvalue weighted by molar-refractivity contribution is 6.08. The van der Waals surface area contributed by atoms with Crippen molar-refractivity contribution in [2.24, 2.45) is 10.2 Å². The fraction of sp³-hybridized carbons (Fsp3) is 0.500. The molecule has 0 saturated carbocycles. The minimum Gasteiger partial charge on any atom is -0.467 e. The lowest BCUT2D eigenvalue weighted by Crippen LogP contribution is -2.39. The van der Waals surface area contributed by atoms with Crippen molar-refractivity contribution in [1.29, 1.82) is 0 Å². The van der Waals surface area contributed by atoms with Crippen LogP contribution in [0.25, 0.3) is 0 Å². The van der Waals surface area contributed by atoms with E-state index in [0.29, 0.717) is 0 Å². The highest BCUT2D eigenvalue weighted by Crippen LogP contribution is 2.34. The van der Waals surface area contributed by atoms with Crippen molar-refractivity contribution >= 4 is 17.9 Å². The summed E-state index contributed by atoms with van der Waals surface area (Å²) in [6, 6.07) is 0. The molecule has 0 fully saturated rings. The van der Waals surface area contributed by atoms with Gasteiger partial charge in [-0.1, -0.05) is 0 Å². The van der Waals surface area contributed by atoms with E-state index >= 15 is 0 Å². The molecular formula is C10H12N2O6. The predicted molar refractivity (Wildman–Crippen MR) is 56.3 cm³/mol. The van der Waals surface area contributed by atoms with Gasteiger partial charge in [0, 0.05) is 0 Å². The largest absolute Gasteiger partial charge is 0.467 e. The average molecular weight is 256 g/mol. The van der Waals surface area contributed by atoms with Gasteiger partial charge in [-0.2, -0.15) is 5.11 Å². The first-order valence-corrected chi connectivity index (χ1v) is 4.85. The highest BCUT2D eigenvalue weighted by Gasteiger charge is 2.50. The summed E-state index contributed by atoms with van der Waals surface area (Å²) in [6.45, 7) is 1.30. The summed E-state index contributed by atoms with van der Waals surface area (Å²) < 4.78 is 13.5. The van der Waals surface area contributed by atoms with Crippen LogP contribution in [0, 0.1) is 0 Å². The van der Waals surface area contributed by atoms with E-state index < -0.39 is 23.4 Å². The van der Waals surface area contributed by atoms with E-state index in [1.165, 1.54) is 6.92 Å². The summed E-state index contributed by atoms with van der Waals surface area (Å²) >= 11 is 0. The second kappa shape index (κ2) is 4.94. The van der Waals surface area contributed by atoms with E-state index in [9.17, 15) is 14.4 Å². The van der Waals surface area contributed by atoms with E-state index in [4.69, 9.17) is 0 Å². The molecule has 0 aromatic rings. The number of esters is 3. The number of methoxy groups -OCH3 is 3. The normalized spacial score (nSPS) is 21.8. The minimum absolute atomic E-state index is 0.302. The Morgan fingerprint density at radius 1 is 1.00 bits per heavy atom. The second-order valence-corrected chi connectivity index (χ2v) is 3.47. The van der Waals surface area contributed by atoms with Crippen LogP contribution >= 0.6 is 0 Å². The Balaban J connectivity index is 3.38. The third-order valence-corrected chi connectivity index (χ3v) is 2.42. The zero-order chi connectivity index (χ0) is 13.9. The summed E-state index contributed by atoms with van der Waals surface area (Å²) in [5.74, 6) is -2.61. The Morgan fingerprint density at radius 2 is 1.56 bits per heavy atom. The number of nitrogens with zero attached hydrogens (tertiary/aromatic N) is 2. The van der Waals surface area contributed by atoms with Crippen LogP contribution in [-0.4, -0.2) is 44.8 Å². The van der Waals surface area contributed by atoms with Gasteiger partial charge in [0.25, 0.3) is 0 Å². The van der Waals surface area contributed by atoms with Gasteiger partial charge in [-0.15, -0.1) is 5.11 Å². The van der Waals surface area contributed by atoms with Gasteiger partial charge in [-0.25, -0.2) is 14.4 Å². The molecule has 1 rings (SSSR count). The smallest absolute Gasteiger partial charge is 0.359 e. The summed E-state index contributed by atoms with van der Waals surface area (Å²) in [5.41, 5.74) is -2.37. The summed E-state index contributed by atoms with van der Waals surface area (Å²) in [7, 11) is 3.36. The van der Waals surface area contributed by atoms with E-state index in [2.05, 4.69) is 24.4 Å². The standard InChI is InChI=1S/C10H12N2O6/c1-10(9(15)18-4)5(7(13)16-2)6(11-12-10)8(14)17-3/h1-4H3. The van der Waals surface area contributed by atoms with Crippen molar-refractivity contribution in [3.63, 3.8) is 0 Å². The van der Waals surface area contributed by atoms with E-state index in [1.807, 2.05) is 0 Å². The number of ether oxygens (including phenoxy) is 3. The SMILES string of the molecule is COC(=O)C1=C(C(=O)OC)C(C)(C(=O)OC)N=N1. The van der Waals surface area contributed by atoms with Crippen LogP contribution in [-0.2, 0) is 28.6 Å². The quantitative estimate of drug-likeness (QED) is 0.519. The van der Waals surface area contributed by atoms with Gasteiger partial charge in [0.2, 0.25) is 5.54 Å². The van der Waals surface area contributed by atoms with Gasteiger partial charge < -0.3 is 14.2 Å². The van der Waals surface area contributed by atoms with E-state index in [-0.39, 0.29) is 11.3 Å². The lowest BCUT2D eigenvalue weighted by molar-refractivity contribution is -0.148. The van der Waals surface area contributed by atoms with Crippen LogP contribution in [0.5, 0.6) is 0 Å². The molecule has 1 heterocycles. The van der Waals surface area contributed by atoms with Gasteiger partial charge in [-0.3, -0.25) is 0 Å². The zero-order valence-corrected chi connectivity index (χ0v) is 10.3. The van der Waals surface area contributed by atoms with Crippen molar-refractivity contribution in [3.05, 3.63) is 11.3 Å². The Hall–Kier alpha value is -2.25. The predicted octanol–water partition coefficient (Wildman–Crippen LogP) is -0.0160. The van der Waals surface area contributed by atoms with Gasteiger partial charge in [0.1, 0.15) is 5.57 Å². The molecule has 98 valence electrons. The molecule has 0 aromatic heterocycles. The van der Waals surface area contributed by atoms with Gasteiger partial charge in [0.05, 0.1) is 21.3 Å². The molecule has 0 spiro atoms. The maximum atomic E-state index is 11.7. The molecule has 0 aliphatic carbocycles. The molecule has 0 saturated heterocycles. The molecule has 0 bridgehead atoms. The van der Waals surface area contributed by atoms with Gasteiger partial charge in [-0.05, 0) is 6.92 Å². The molecule has 1 unspecified atom stereocenters. The van der Waals surface area contributed by atoms with E-state index in [0.717, 1.165) is 21.3 Å². The van der Waals surface area contributed by atoms with Gasteiger partial charge in [0.15, 0.2) is 5.70 Å². The first-order chi connectivity index (χ1) is 8.42. The van der Waals surface area contributed by atoms with Crippen molar-refractivity contribution in [3.8, 4) is 0 Å². The summed E-state index contributed by atoms with van der Waals surface area (Å²) in [4.78, 5) is 34.8. The number of carbonyl (C=O) groups excluding carboxylic acids is 3. The van der Waals surface area contributed by atoms with Crippen LogP contribution in [0.1, 0.15) is 6.92 Å². The minimum atomic E-state index is -1.70. The highest BCUT2D eigenvalue weighted by atomic mass is 16.5. The number of hydrogen-bond acceptors (Lipinski definition) is 8. The molecule has 8 heteroatoms. The fourth-order valence-electron chi connectivity index (χ4n) is 1.46. The molecule has 1 aliphatic heterocycles. The molecule has 0 aromatic carbocycles. The zero-order valence-electron chi connectivity index (χ0n) is 10.3. The first kappa shape index (κ1) is 13.8. The summed E-state index contributed by atoms with van der Waals surface area (Å²) in [6.07, 6.45) is 0. The molecule has 8 nitrogen and oxygen atoms in total. The van der Waals surface area contributed by atoms with Crippen molar-refractivity contribution in [2.45, 2.75) is 12.5 Å². The van der Waals surface area contributed by atoms with Crippen molar-refractivity contribution in [1.82, 2.24) is 0 Å². The fourth-order valence-corrected chi connectivity index (χ4v) is 1.46. The van der Waals surface area contributed by atoms with Crippen LogP contribution in [0.15, 0.2) is 21.5 Å². The molecule has 18 heavy (non-hydrogen) atoms. The number of rotatable bonds is 3. The monoisotopic (exact) mass is 256 g/mol. The lowest BCUT2D eigenvalue weighted by atomic mass is 9.92. The Labute approximate surface area is 103 Å². The molecule has 1 atom stereocenters. The second-order valence-electron chi connectivity index (χ2n) is 3.47. The molecular weight excluding hydrogens is 244 g/mol. The average Bonchev–Trinajstić information content (AvgIpc) is 2.75.